The van der Waals surface area contributed by atoms with Crippen LogP contribution in [-0.4, -0.2) is 29.1 Å². The van der Waals surface area contributed by atoms with Crippen LogP contribution in [0.25, 0.3) is 16.7 Å². The molecule has 0 atom stereocenters. The number of likely N-dealkylation sites (tertiary alicyclic amines) is 1. The van der Waals surface area contributed by atoms with Crippen LogP contribution in [-0.2, 0) is 6.54 Å². The number of hydrogen-bond acceptors (Lipinski definition) is 3. The summed E-state index contributed by atoms with van der Waals surface area (Å²) in [5.41, 5.74) is 9.35. The average Bonchev–Trinajstić information content (AvgIpc) is 3.27. The number of rotatable bonds is 5. The summed E-state index contributed by atoms with van der Waals surface area (Å²) < 4.78 is 20.1. The Bertz CT molecular complexity index is 1050. The number of nitrogens with two attached hydrogens (primary N) is 1. The van der Waals surface area contributed by atoms with Gasteiger partial charge < -0.3 is 15.2 Å². The molecule has 2 heterocycles. The van der Waals surface area contributed by atoms with E-state index in [1.165, 1.54) is 12.5 Å². The summed E-state index contributed by atoms with van der Waals surface area (Å²) in [5, 5.41) is 4.06. The zero-order valence-electron chi connectivity index (χ0n) is 16.9. The van der Waals surface area contributed by atoms with Gasteiger partial charge in [-0.2, -0.15) is 0 Å². The quantitative estimate of drug-likeness (QED) is 0.488. The molecule has 1 aromatic heterocycles. The van der Waals surface area contributed by atoms with E-state index in [0.29, 0.717) is 40.7 Å². The molecule has 0 unspecified atom stereocenters. The van der Waals surface area contributed by atoms with Gasteiger partial charge in [-0.15, -0.1) is 0 Å². The zero-order valence-corrected chi connectivity index (χ0v) is 16.9. The fourth-order valence-electron chi connectivity index (χ4n) is 3.61. The van der Waals surface area contributed by atoms with Gasteiger partial charge in [-0.05, 0) is 36.5 Å². The van der Waals surface area contributed by atoms with Crippen LogP contribution in [0.15, 0.2) is 70.7 Å². The largest absolute Gasteiger partial charge is 0.370 e. The number of halogens is 1. The molecule has 154 valence electrons. The van der Waals surface area contributed by atoms with Crippen LogP contribution in [0.5, 0.6) is 0 Å². The number of aromatic nitrogens is 1. The van der Waals surface area contributed by atoms with Crippen molar-refractivity contribution in [3.63, 3.8) is 0 Å². The Balaban J connectivity index is 1.45. The SMILES string of the molecule is C=C(c1ccc(-c2ccccc2)c(F)c1)c1cc(C/N=C(\N)N2CCCCC2)no1. The Morgan fingerprint density at radius 3 is 2.60 bits per heavy atom. The van der Waals surface area contributed by atoms with Crippen LogP contribution in [0.2, 0.25) is 0 Å². The molecule has 5 nitrogen and oxygen atoms in total. The minimum Gasteiger partial charge on any atom is -0.370 e. The topological polar surface area (TPSA) is 67.7 Å². The number of guanidine groups is 1. The van der Waals surface area contributed by atoms with Crippen molar-refractivity contribution in [2.24, 2.45) is 10.7 Å². The second-order valence-corrected chi connectivity index (χ2v) is 7.44. The van der Waals surface area contributed by atoms with Gasteiger partial charge in [0.2, 0.25) is 0 Å². The van der Waals surface area contributed by atoms with Crippen molar-refractivity contribution in [2.45, 2.75) is 25.8 Å². The molecule has 1 aliphatic rings. The summed E-state index contributed by atoms with van der Waals surface area (Å²) in [4.78, 5) is 6.53. The molecule has 0 spiro atoms. The molecule has 2 N–H and O–H groups in total. The Labute approximate surface area is 175 Å². The highest BCUT2D eigenvalue weighted by Crippen LogP contribution is 2.28. The van der Waals surface area contributed by atoms with Gasteiger partial charge in [0.05, 0.1) is 6.54 Å². The molecule has 6 heteroatoms. The van der Waals surface area contributed by atoms with Gasteiger partial charge in [0, 0.05) is 30.3 Å². The molecule has 0 radical (unpaired) electrons. The molecule has 30 heavy (non-hydrogen) atoms. The van der Waals surface area contributed by atoms with E-state index in [0.717, 1.165) is 31.5 Å². The molecule has 0 saturated carbocycles. The van der Waals surface area contributed by atoms with Crippen LogP contribution >= 0.6 is 0 Å². The Hall–Kier alpha value is -3.41. The van der Waals surface area contributed by atoms with E-state index < -0.39 is 0 Å². The smallest absolute Gasteiger partial charge is 0.191 e. The van der Waals surface area contributed by atoms with Crippen molar-refractivity contribution in [2.75, 3.05) is 13.1 Å². The highest BCUT2D eigenvalue weighted by Gasteiger charge is 2.14. The standard InChI is InChI=1S/C24H25FN4O/c1-17(19-10-11-21(22(25)14-19)18-8-4-2-5-9-18)23-15-20(28-30-23)16-27-24(26)29-12-6-3-7-13-29/h2,4-5,8-11,14-15H,1,3,6-7,12-13,16H2,(H2,26,27). The normalized spacial score (nSPS) is 14.7. The van der Waals surface area contributed by atoms with Gasteiger partial charge in [0.15, 0.2) is 11.7 Å². The number of nitrogens with zero attached hydrogens (tertiary/aromatic N) is 3. The predicted octanol–water partition coefficient (Wildman–Crippen LogP) is 4.84. The van der Waals surface area contributed by atoms with Crippen molar-refractivity contribution in [1.82, 2.24) is 10.1 Å². The Morgan fingerprint density at radius 2 is 1.87 bits per heavy atom. The van der Waals surface area contributed by atoms with Gasteiger partial charge >= 0.3 is 0 Å². The van der Waals surface area contributed by atoms with E-state index in [9.17, 15) is 4.39 Å². The van der Waals surface area contributed by atoms with Crippen molar-refractivity contribution >= 4 is 11.5 Å². The third kappa shape index (κ3) is 4.43. The lowest BCUT2D eigenvalue weighted by Crippen LogP contribution is -2.40. The van der Waals surface area contributed by atoms with E-state index in [-0.39, 0.29) is 5.82 Å². The van der Waals surface area contributed by atoms with Crippen LogP contribution in [0.4, 0.5) is 4.39 Å². The number of piperidine rings is 1. The van der Waals surface area contributed by atoms with Crippen molar-refractivity contribution in [3.8, 4) is 11.1 Å². The second kappa shape index (κ2) is 8.95. The third-order valence-corrected chi connectivity index (χ3v) is 5.34. The van der Waals surface area contributed by atoms with E-state index in [2.05, 4.69) is 21.6 Å². The first-order valence-electron chi connectivity index (χ1n) is 10.2. The number of benzene rings is 2. The summed E-state index contributed by atoms with van der Waals surface area (Å²) in [5.74, 6) is 0.721. The highest BCUT2D eigenvalue weighted by atomic mass is 19.1. The maximum absolute atomic E-state index is 14.7. The van der Waals surface area contributed by atoms with Crippen molar-refractivity contribution in [3.05, 3.63) is 84.0 Å². The van der Waals surface area contributed by atoms with Crippen LogP contribution in [0.1, 0.15) is 36.3 Å². The molecule has 3 aromatic rings. The summed E-state index contributed by atoms with van der Waals surface area (Å²) in [7, 11) is 0. The number of aliphatic imine (C=N–C) groups is 1. The van der Waals surface area contributed by atoms with Crippen LogP contribution in [0.3, 0.4) is 0 Å². The molecule has 4 rings (SSSR count). The molecular formula is C24H25FN4O. The van der Waals surface area contributed by atoms with Gasteiger partial charge in [0.1, 0.15) is 11.5 Å². The van der Waals surface area contributed by atoms with E-state index in [1.54, 1.807) is 12.1 Å². The average molecular weight is 404 g/mol. The van der Waals surface area contributed by atoms with Gasteiger partial charge in [0.25, 0.3) is 0 Å². The van der Waals surface area contributed by atoms with Crippen molar-refractivity contribution < 1.29 is 8.91 Å². The lowest BCUT2D eigenvalue weighted by atomic mass is 9.99. The molecule has 2 aromatic carbocycles. The first kappa shape index (κ1) is 19.9. The van der Waals surface area contributed by atoms with Gasteiger partial charge in [-0.3, -0.25) is 0 Å². The fourth-order valence-corrected chi connectivity index (χ4v) is 3.61. The Morgan fingerprint density at radius 1 is 1.10 bits per heavy atom. The van der Waals surface area contributed by atoms with E-state index >= 15 is 0 Å². The summed E-state index contributed by atoms with van der Waals surface area (Å²) in [6.45, 7) is 6.28. The van der Waals surface area contributed by atoms with Crippen molar-refractivity contribution in [1.29, 1.82) is 0 Å². The third-order valence-electron chi connectivity index (χ3n) is 5.34. The van der Waals surface area contributed by atoms with E-state index in [1.807, 2.05) is 36.4 Å². The highest BCUT2D eigenvalue weighted by molar-refractivity contribution is 5.78. The minimum atomic E-state index is -0.307. The van der Waals surface area contributed by atoms with Gasteiger partial charge in [-0.1, -0.05) is 54.2 Å². The maximum atomic E-state index is 14.7. The summed E-state index contributed by atoms with van der Waals surface area (Å²) >= 11 is 0. The van der Waals surface area contributed by atoms with Crippen LogP contribution < -0.4 is 5.73 Å². The molecule has 1 aliphatic heterocycles. The number of hydrogen-bond donors (Lipinski definition) is 1. The summed E-state index contributed by atoms with van der Waals surface area (Å²) in [6, 6.07) is 16.3. The lowest BCUT2D eigenvalue weighted by molar-refractivity contribution is 0.337. The second-order valence-electron chi connectivity index (χ2n) is 7.44. The molecule has 0 bridgehead atoms. The summed E-state index contributed by atoms with van der Waals surface area (Å²) in [6.07, 6.45) is 3.53. The zero-order chi connectivity index (χ0) is 20.9. The molecule has 1 fully saturated rings. The Kier molecular flexibility index (Phi) is 5.93. The monoisotopic (exact) mass is 404 g/mol. The predicted molar refractivity (Wildman–Crippen MR) is 117 cm³/mol. The molecule has 1 saturated heterocycles. The maximum Gasteiger partial charge on any atom is 0.191 e. The fraction of sp³-hybridized carbons (Fsp3) is 0.250. The van der Waals surface area contributed by atoms with E-state index in [4.69, 9.17) is 10.3 Å². The first-order chi connectivity index (χ1) is 14.6. The molecular weight excluding hydrogens is 379 g/mol. The van der Waals surface area contributed by atoms with Gasteiger partial charge in [-0.25, -0.2) is 9.38 Å². The first-order valence-corrected chi connectivity index (χ1v) is 10.2. The molecule has 0 aliphatic carbocycles. The van der Waals surface area contributed by atoms with Crippen LogP contribution in [0, 0.1) is 5.82 Å². The lowest BCUT2D eigenvalue weighted by Gasteiger charge is -2.27. The minimum absolute atomic E-state index is 0.307. The molecule has 0 amide bonds.